The monoisotopic (exact) mass is 1280 g/mol. The number of aliphatic hydroxyl groups is 14. The van der Waals surface area contributed by atoms with E-state index in [9.17, 15) is 84.5 Å². The molecule has 9 aliphatic rings. The van der Waals surface area contributed by atoms with Gasteiger partial charge in [0.15, 0.2) is 31.5 Å². The normalized spacial score (nSPS) is 51.1. The third-order valence-corrected chi connectivity index (χ3v) is 21.4. The molecule has 35 atom stereocenters. The Kier molecular flexibility index (Phi) is 24.1. The number of hydrogen-bond acceptors (Lipinski definition) is 28. The fraction of sp³-hybridized carbons (Fsp3) is 0.965. The van der Waals surface area contributed by atoms with Crippen molar-refractivity contribution in [1.82, 2.24) is 0 Å². The third kappa shape index (κ3) is 14.7. The quantitative estimate of drug-likeness (QED) is 0.0248. The van der Waals surface area contributed by atoms with Crippen LogP contribution in [0.15, 0.2) is 11.6 Å². The van der Waals surface area contributed by atoms with Gasteiger partial charge in [-0.25, -0.2) is 8.42 Å². The van der Waals surface area contributed by atoms with Gasteiger partial charge in [-0.2, -0.15) is 0 Å². The van der Waals surface area contributed by atoms with Crippen molar-refractivity contribution in [2.75, 3.05) is 13.2 Å². The first-order valence-electron chi connectivity index (χ1n) is 30.6. The predicted molar refractivity (Wildman–Crippen MR) is 289 cm³/mol. The molecule has 0 aromatic carbocycles. The molecule has 498 valence electrons. The van der Waals surface area contributed by atoms with Gasteiger partial charge in [0.25, 0.3) is 0 Å². The van der Waals surface area contributed by atoms with Crippen LogP contribution in [0.1, 0.15) is 113 Å². The van der Waals surface area contributed by atoms with E-state index in [0.717, 1.165) is 19.3 Å². The molecule has 0 spiro atoms. The topological polar surface area (TPSA) is 442 Å². The average molecular weight is 1280 g/mol. The van der Waals surface area contributed by atoms with E-state index in [1.807, 2.05) is 0 Å². The molecule has 3 saturated carbocycles. The van der Waals surface area contributed by atoms with Crippen LogP contribution in [0.2, 0.25) is 0 Å². The van der Waals surface area contributed by atoms with Crippen LogP contribution >= 0.6 is 0 Å². The Hall–Kier alpha value is -0.350. The minimum Gasteiger partial charge on any atom is -0.726 e. The Morgan fingerprint density at radius 1 is 0.575 bits per heavy atom. The summed E-state index contributed by atoms with van der Waals surface area (Å²) in [5.41, 5.74) is 0.388. The summed E-state index contributed by atoms with van der Waals surface area (Å²) in [5, 5.41) is 156. The molecule has 30 heteroatoms. The van der Waals surface area contributed by atoms with Crippen molar-refractivity contribution in [3.8, 4) is 0 Å². The number of allylic oxidation sites excluding steroid dienone is 2. The van der Waals surface area contributed by atoms with Gasteiger partial charge in [0.05, 0.1) is 49.8 Å². The molecule has 0 radical (unpaired) electrons. The Morgan fingerprint density at radius 2 is 1.09 bits per heavy atom. The van der Waals surface area contributed by atoms with E-state index in [2.05, 4.69) is 40.7 Å². The third-order valence-electron chi connectivity index (χ3n) is 20.9. The maximum Gasteiger partial charge on any atom is 1.00 e. The number of fused-ring (bicyclic) bond motifs is 5. The van der Waals surface area contributed by atoms with Crippen molar-refractivity contribution in [3.63, 3.8) is 0 Å². The minimum atomic E-state index is -5.13. The number of ether oxygens (including phenoxy) is 10. The van der Waals surface area contributed by atoms with Crippen molar-refractivity contribution >= 4 is 10.4 Å². The Morgan fingerprint density at radius 3 is 1.67 bits per heavy atom. The van der Waals surface area contributed by atoms with E-state index in [4.69, 9.17) is 51.6 Å². The summed E-state index contributed by atoms with van der Waals surface area (Å²) in [5.74, 6) is 0.369. The molecule has 14 N–H and O–H groups in total. The van der Waals surface area contributed by atoms with Gasteiger partial charge >= 0.3 is 29.6 Å². The zero-order chi connectivity index (χ0) is 63.0. The molecule has 0 bridgehead atoms. The molecule has 4 aliphatic carbocycles. The second kappa shape index (κ2) is 28.9. The maximum absolute atomic E-state index is 12.5. The molecular formula is C57H95NaO28S. The van der Waals surface area contributed by atoms with Crippen molar-refractivity contribution in [2.45, 2.75) is 285 Å². The second-order valence-electron chi connectivity index (χ2n) is 27.0. The van der Waals surface area contributed by atoms with E-state index >= 15 is 0 Å². The van der Waals surface area contributed by atoms with Crippen LogP contribution in [0.25, 0.3) is 0 Å². The molecule has 9 rings (SSSR count). The number of rotatable bonds is 19. The van der Waals surface area contributed by atoms with Gasteiger partial charge in [-0.1, -0.05) is 46.3 Å². The second-order valence-corrected chi connectivity index (χ2v) is 28.0. The van der Waals surface area contributed by atoms with Gasteiger partial charge in [0.1, 0.15) is 104 Å². The van der Waals surface area contributed by atoms with Gasteiger partial charge in [0.2, 0.25) is 10.4 Å². The molecule has 5 saturated heterocycles. The molecule has 28 nitrogen and oxygen atoms in total. The molecule has 5 aliphatic heterocycles. The number of hydrogen-bond donors (Lipinski definition) is 14. The molecule has 0 aromatic heterocycles. The van der Waals surface area contributed by atoms with Gasteiger partial charge < -0.3 is 123 Å². The summed E-state index contributed by atoms with van der Waals surface area (Å²) in [6, 6.07) is 0. The maximum atomic E-state index is 12.5. The van der Waals surface area contributed by atoms with Crippen LogP contribution < -0.4 is 29.6 Å². The zero-order valence-electron chi connectivity index (χ0n) is 50.9. The van der Waals surface area contributed by atoms with Crippen LogP contribution in [0, 0.1) is 46.3 Å². The smallest absolute Gasteiger partial charge is 0.726 e. The summed E-state index contributed by atoms with van der Waals surface area (Å²) in [7, 11) is -5.13. The van der Waals surface area contributed by atoms with Crippen molar-refractivity contribution in [3.05, 3.63) is 11.6 Å². The summed E-state index contributed by atoms with van der Waals surface area (Å²) in [6.07, 6.45) is -38.8. The van der Waals surface area contributed by atoms with E-state index < -0.39 is 207 Å². The van der Waals surface area contributed by atoms with E-state index in [-0.39, 0.29) is 71.5 Å². The van der Waals surface area contributed by atoms with Crippen molar-refractivity contribution in [1.29, 1.82) is 0 Å². The Labute approximate surface area is 529 Å². The van der Waals surface area contributed by atoms with E-state index in [1.165, 1.54) is 26.3 Å². The van der Waals surface area contributed by atoms with Crippen LogP contribution in [-0.2, 0) is 62.0 Å². The first-order chi connectivity index (χ1) is 40.3. The van der Waals surface area contributed by atoms with Gasteiger partial charge in [-0.3, -0.25) is 4.18 Å². The minimum absolute atomic E-state index is 0. The summed E-state index contributed by atoms with van der Waals surface area (Å²) >= 11 is 0. The summed E-state index contributed by atoms with van der Waals surface area (Å²) < 4.78 is 103. The average Bonchev–Trinajstić information content (AvgIpc) is 1.72. The number of aliphatic hydroxyl groups excluding tert-OH is 14. The molecule has 8 fully saturated rings. The largest absolute Gasteiger partial charge is 1.00 e. The Balaban J connectivity index is 0.00000982. The van der Waals surface area contributed by atoms with Gasteiger partial charge in [0, 0.05) is 0 Å². The van der Waals surface area contributed by atoms with Crippen molar-refractivity contribution in [2.24, 2.45) is 46.3 Å². The zero-order valence-corrected chi connectivity index (χ0v) is 53.7. The van der Waals surface area contributed by atoms with E-state index in [1.54, 1.807) is 0 Å². The Bertz CT molecular complexity index is 2380. The SMILES string of the molecule is CC(C)C[C@@H](O)C[C@@H](C)[C@H]1CCC2C3C[C@H](OC4OC(CO)C(O)C(OC5OC(C)C(OC6OC(CO)C(O)C(O)C6OC6OC(C)C(O)C(O)C6O)C(O)C5OC5OC(C)C(O)C(O)C5O)C4O)C4C[C@@H](OS(=O)(=O)[O-])CC[C@]4(C)C3=CC[C@@]21C.[Na+]. The van der Waals surface area contributed by atoms with Crippen LogP contribution in [0.4, 0.5) is 0 Å². The standard InChI is InChI=1S/C57H96O28S.Na/c1-21(2)15-26(60)16-22(3)29-9-10-30-28-18-33(32-17-27(85-86(72,73)74)11-13-57(32,8)31(28)12-14-56(29,30)7)78-53-46(71)48(39(64)35(20-59)79-53)82-54-50(84-52-44(69)41(66)37(62)24(5)76-52)45(70)47(25(6)77-54)81-55-49(42(67)38(63)34(19-58)80-55)83-51-43(68)40(65)36(61)23(4)75-51;/h12,21-30,32-55,58-71H,9-11,13-20H2,1-8H3,(H,72,73,74);/q;+1/p-1/t22-,23?,24?,25?,26-,27+,28?,29-,30?,32?,33+,34?,35?,36?,37?,38?,39?,40?,41?,42?,43?,44?,45?,46?,47?,48?,49?,50?,51?,52?,53?,54?,55?,56-,57-;/m1./s1. The molecule has 5 heterocycles. The fourth-order valence-corrected chi connectivity index (χ4v) is 16.7. The van der Waals surface area contributed by atoms with Crippen LogP contribution in [0.5, 0.6) is 0 Å². The molecule has 0 amide bonds. The van der Waals surface area contributed by atoms with Crippen LogP contribution in [0.3, 0.4) is 0 Å². The van der Waals surface area contributed by atoms with Crippen molar-refractivity contribution < 1.29 is 166 Å². The van der Waals surface area contributed by atoms with Crippen LogP contribution in [-0.4, -0.2) is 270 Å². The summed E-state index contributed by atoms with van der Waals surface area (Å²) in [6.45, 7) is 13.1. The molecular weight excluding hydrogens is 1190 g/mol. The molecule has 87 heavy (non-hydrogen) atoms. The fourth-order valence-electron chi connectivity index (χ4n) is 16.2. The first-order valence-corrected chi connectivity index (χ1v) is 31.9. The molecule has 0 aromatic rings. The predicted octanol–water partition coefficient (Wildman–Crippen LogP) is -5.98. The first kappa shape index (κ1) is 72.5. The van der Waals surface area contributed by atoms with Gasteiger partial charge in [-0.15, -0.1) is 0 Å². The van der Waals surface area contributed by atoms with E-state index in [0.29, 0.717) is 31.6 Å². The van der Waals surface area contributed by atoms with Gasteiger partial charge in [-0.05, 0) is 125 Å². The molecule has 28 unspecified atom stereocenters. The summed E-state index contributed by atoms with van der Waals surface area (Å²) in [4.78, 5) is 0.